The number of carbonyl (C=O) groups is 3. The van der Waals surface area contributed by atoms with Crippen LogP contribution in [-0.2, 0) is 16.0 Å². The minimum Gasteiger partial charge on any atom is -0.322 e. The minimum atomic E-state index is -0.304. The van der Waals surface area contributed by atoms with Gasteiger partial charge in [-0.15, -0.1) is 0 Å². The molecule has 29 heavy (non-hydrogen) atoms. The summed E-state index contributed by atoms with van der Waals surface area (Å²) in [5, 5.41) is 2.96. The molecule has 2 aliphatic carbocycles. The SMILES string of the molecule is CCc1ccccc1NC(=O)c1ccccc1N1C(=O)C2C3CCC(C3)C2C1=O. The Morgan fingerprint density at radius 3 is 2.28 bits per heavy atom. The zero-order valence-electron chi connectivity index (χ0n) is 16.4. The van der Waals surface area contributed by atoms with Gasteiger partial charge in [0.2, 0.25) is 11.8 Å². The van der Waals surface area contributed by atoms with E-state index in [1.54, 1.807) is 24.3 Å². The summed E-state index contributed by atoms with van der Waals surface area (Å²) in [7, 11) is 0. The third-order valence-electron chi connectivity index (χ3n) is 6.96. The summed E-state index contributed by atoms with van der Waals surface area (Å²) in [4.78, 5) is 40.8. The molecule has 1 N–H and O–H groups in total. The number of amides is 3. The second-order valence-electron chi connectivity index (χ2n) is 8.38. The molecule has 2 aromatic carbocycles. The van der Waals surface area contributed by atoms with Crippen molar-refractivity contribution in [3.05, 3.63) is 59.7 Å². The average molecular weight is 388 g/mol. The highest BCUT2D eigenvalue weighted by Gasteiger charge is 2.61. The molecule has 4 atom stereocenters. The topological polar surface area (TPSA) is 66.5 Å². The third kappa shape index (κ3) is 2.71. The van der Waals surface area contributed by atoms with Crippen molar-refractivity contribution >= 4 is 29.1 Å². The van der Waals surface area contributed by atoms with Crippen LogP contribution in [0.3, 0.4) is 0 Å². The van der Waals surface area contributed by atoms with E-state index in [1.807, 2.05) is 31.2 Å². The standard InChI is InChI=1S/C24H24N2O3/c1-2-14-7-3-5-9-18(14)25-22(27)17-8-4-6-10-19(17)26-23(28)20-15-11-12-16(13-15)21(20)24(26)29/h3-10,15-16,20-21H,2,11-13H2,1H3,(H,25,27). The molecular formula is C24H24N2O3. The van der Waals surface area contributed by atoms with E-state index in [9.17, 15) is 14.4 Å². The van der Waals surface area contributed by atoms with Gasteiger partial charge in [-0.05, 0) is 61.3 Å². The van der Waals surface area contributed by atoms with Crippen LogP contribution in [-0.4, -0.2) is 17.7 Å². The van der Waals surface area contributed by atoms with Crippen LogP contribution in [0.1, 0.15) is 42.1 Å². The first-order valence-corrected chi connectivity index (χ1v) is 10.5. The number of nitrogens with zero attached hydrogens (tertiary/aromatic N) is 1. The van der Waals surface area contributed by atoms with E-state index in [0.717, 1.165) is 36.9 Å². The summed E-state index contributed by atoms with van der Waals surface area (Å²) in [6.07, 6.45) is 3.87. The van der Waals surface area contributed by atoms with E-state index < -0.39 is 0 Å². The average Bonchev–Trinajstić information content (AvgIpc) is 3.42. The van der Waals surface area contributed by atoms with Gasteiger partial charge in [-0.3, -0.25) is 14.4 Å². The molecular weight excluding hydrogens is 364 g/mol. The van der Waals surface area contributed by atoms with E-state index in [1.165, 1.54) is 4.90 Å². The van der Waals surface area contributed by atoms with E-state index in [0.29, 0.717) is 23.1 Å². The molecule has 5 nitrogen and oxygen atoms in total. The molecule has 0 radical (unpaired) electrons. The summed E-state index contributed by atoms with van der Waals surface area (Å²) >= 11 is 0. The normalized spacial score (nSPS) is 27.4. The van der Waals surface area contributed by atoms with Crippen LogP contribution in [0.4, 0.5) is 11.4 Å². The number of benzene rings is 2. The number of aryl methyl sites for hydroxylation is 1. The van der Waals surface area contributed by atoms with Crippen LogP contribution in [0.15, 0.2) is 48.5 Å². The molecule has 5 heteroatoms. The summed E-state index contributed by atoms with van der Waals surface area (Å²) < 4.78 is 0. The lowest BCUT2D eigenvalue weighted by Gasteiger charge is -2.20. The predicted molar refractivity (Wildman–Crippen MR) is 111 cm³/mol. The van der Waals surface area contributed by atoms with Gasteiger partial charge in [0.05, 0.1) is 23.1 Å². The Labute approximate surface area is 170 Å². The summed E-state index contributed by atoms with van der Waals surface area (Å²) in [5.74, 6) is -0.297. The van der Waals surface area contributed by atoms with E-state index in [-0.39, 0.29) is 29.6 Å². The highest BCUT2D eigenvalue weighted by molar-refractivity contribution is 6.25. The van der Waals surface area contributed by atoms with Crippen LogP contribution in [0.2, 0.25) is 0 Å². The Morgan fingerprint density at radius 1 is 0.966 bits per heavy atom. The number of imide groups is 1. The van der Waals surface area contributed by atoms with E-state index in [2.05, 4.69) is 5.32 Å². The van der Waals surface area contributed by atoms with Crippen molar-refractivity contribution in [2.45, 2.75) is 32.6 Å². The molecule has 2 aromatic rings. The molecule has 1 heterocycles. The maximum absolute atomic E-state index is 13.2. The molecule has 3 amide bonds. The lowest BCUT2D eigenvalue weighted by molar-refractivity contribution is -0.123. The molecule has 148 valence electrons. The van der Waals surface area contributed by atoms with Gasteiger partial charge in [0.25, 0.3) is 5.91 Å². The number of rotatable bonds is 4. The van der Waals surface area contributed by atoms with E-state index >= 15 is 0 Å². The highest BCUT2D eigenvalue weighted by Crippen LogP contribution is 2.56. The van der Waals surface area contributed by atoms with Crippen molar-refractivity contribution in [3.8, 4) is 0 Å². The molecule has 3 aliphatic rings. The third-order valence-corrected chi connectivity index (χ3v) is 6.96. The molecule has 0 aromatic heterocycles. The van der Waals surface area contributed by atoms with Gasteiger partial charge in [0, 0.05) is 5.69 Å². The summed E-state index contributed by atoms with van der Waals surface area (Å²) in [6.45, 7) is 2.04. The Kier molecular flexibility index (Phi) is 4.26. The van der Waals surface area contributed by atoms with Crippen molar-refractivity contribution < 1.29 is 14.4 Å². The minimum absolute atomic E-state index is 0.124. The first kappa shape index (κ1) is 18.1. The molecule has 3 fully saturated rings. The molecule has 4 unspecified atom stereocenters. The van der Waals surface area contributed by atoms with Crippen molar-refractivity contribution in [1.29, 1.82) is 0 Å². The lowest BCUT2D eigenvalue weighted by Crippen LogP contribution is -2.34. The molecule has 1 aliphatic heterocycles. The van der Waals surface area contributed by atoms with Crippen molar-refractivity contribution in [2.75, 3.05) is 10.2 Å². The summed E-state index contributed by atoms with van der Waals surface area (Å²) in [5.41, 5.74) is 2.55. The Balaban J connectivity index is 1.48. The lowest BCUT2D eigenvalue weighted by atomic mass is 9.81. The van der Waals surface area contributed by atoms with Crippen molar-refractivity contribution in [3.63, 3.8) is 0 Å². The zero-order chi connectivity index (χ0) is 20.1. The quantitative estimate of drug-likeness (QED) is 0.804. The second kappa shape index (κ2) is 6.83. The molecule has 5 rings (SSSR count). The largest absolute Gasteiger partial charge is 0.322 e. The van der Waals surface area contributed by atoms with Crippen molar-refractivity contribution in [2.24, 2.45) is 23.7 Å². The van der Waals surface area contributed by atoms with E-state index in [4.69, 9.17) is 0 Å². The predicted octanol–water partition coefficient (Wildman–Crippen LogP) is 4.04. The number of nitrogens with one attached hydrogen (secondary N) is 1. The highest BCUT2D eigenvalue weighted by atomic mass is 16.2. The molecule has 2 bridgehead atoms. The number of fused-ring (bicyclic) bond motifs is 5. The fourth-order valence-corrected chi connectivity index (χ4v) is 5.65. The molecule has 2 saturated carbocycles. The molecule has 1 saturated heterocycles. The maximum atomic E-state index is 13.2. The fourth-order valence-electron chi connectivity index (χ4n) is 5.65. The van der Waals surface area contributed by atoms with Gasteiger partial charge < -0.3 is 5.32 Å². The Morgan fingerprint density at radius 2 is 1.59 bits per heavy atom. The monoisotopic (exact) mass is 388 g/mol. The number of anilines is 2. The second-order valence-corrected chi connectivity index (χ2v) is 8.38. The Hall–Kier alpha value is -2.95. The smallest absolute Gasteiger partial charge is 0.257 e. The van der Waals surface area contributed by atoms with Gasteiger partial charge in [0.15, 0.2) is 0 Å². The van der Waals surface area contributed by atoms with Gasteiger partial charge in [-0.1, -0.05) is 37.3 Å². The van der Waals surface area contributed by atoms with Gasteiger partial charge in [0.1, 0.15) is 0 Å². The number of hydrogen-bond acceptors (Lipinski definition) is 3. The van der Waals surface area contributed by atoms with Crippen LogP contribution in [0.5, 0.6) is 0 Å². The molecule has 0 spiro atoms. The van der Waals surface area contributed by atoms with Crippen molar-refractivity contribution in [1.82, 2.24) is 0 Å². The Bertz CT molecular complexity index is 987. The van der Waals surface area contributed by atoms with Crippen LogP contribution in [0, 0.1) is 23.7 Å². The zero-order valence-corrected chi connectivity index (χ0v) is 16.4. The van der Waals surface area contributed by atoms with Gasteiger partial charge >= 0.3 is 0 Å². The van der Waals surface area contributed by atoms with Gasteiger partial charge in [-0.25, -0.2) is 4.90 Å². The number of para-hydroxylation sites is 2. The number of carbonyl (C=O) groups excluding carboxylic acids is 3. The van der Waals surface area contributed by atoms with Crippen LogP contribution in [0.25, 0.3) is 0 Å². The fraction of sp³-hybridized carbons (Fsp3) is 0.375. The van der Waals surface area contributed by atoms with Gasteiger partial charge in [-0.2, -0.15) is 0 Å². The maximum Gasteiger partial charge on any atom is 0.257 e. The summed E-state index contributed by atoms with van der Waals surface area (Å²) in [6, 6.07) is 14.6. The number of hydrogen-bond donors (Lipinski definition) is 1. The first-order valence-electron chi connectivity index (χ1n) is 10.5. The van der Waals surface area contributed by atoms with Crippen LogP contribution >= 0.6 is 0 Å². The first-order chi connectivity index (χ1) is 14.1. The van der Waals surface area contributed by atoms with Crippen LogP contribution < -0.4 is 10.2 Å².